The Kier molecular flexibility index (Phi) is 14.9. The maximum Gasteiger partial charge on any atom is 0.410 e. The van der Waals surface area contributed by atoms with Gasteiger partial charge in [-0.2, -0.15) is 0 Å². The molecule has 3 aliphatic rings. The van der Waals surface area contributed by atoms with E-state index >= 15 is 0 Å². The van der Waals surface area contributed by atoms with E-state index in [1.807, 2.05) is 48.5 Å². The van der Waals surface area contributed by atoms with Gasteiger partial charge in [0.1, 0.15) is 36.7 Å². The standard InChI is InChI=1S/C51H58N2O9/c1-4-6-28-59-50(57)53(33-38-19-14-18-36-16-7-8-21-41(36)38)47-32-45(52-58-3)43-30-37(17-9-11-25-54)42(22-10-12-26-55)48-44-31-40(61-39-20-13-15-35(29-39)34-56)23-24-46(44)62-51(47,49(43)48)60-27-5-2/h4-5,7-8,13-16,18-21,23-24,29-31,34,37,42,47-49,54-55H,1-2,6,9-12,17,22,25-28,32-33H2,3H3. The molecule has 2 N–H and O–H groups in total. The smallest absolute Gasteiger partial charge is 0.410 e. The lowest BCUT2D eigenvalue weighted by Crippen LogP contribution is -2.70. The third kappa shape index (κ3) is 9.35. The van der Waals surface area contributed by atoms with Gasteiger partial charge in [-0.25, -0.2) is 4.79 Å². The minimum absolute atomic E-state index is 0.0191. The zero-order valence-electron chi connectivity index (χ0n) is 35.5. The molecule has 7 rings (SSSR count). The fourth-order valence-corrected chi connectivity index (χ4v) is 9.84. The average Bonchev–Trinajstić information content (AvgIpc) is 3.29. The van der Waals surface area contributed by atoms with Gasteiger partial charge in [-0.1, -0.05) is 90.8 Å². The molecule has 0 bridgehead atoms. The molecule has 0 aromatic heterocycles. The summed E-state index contributed by atoms with van der Waals surface area (Å²) in [7, 11) is 1.53. The number of aldehydes is 1. The predicted molar refractivity (Wildman–Crippen MR) is 240 cm³/mol. The zero-order valence-corrected chi connectivity index (χ0v) is 35.5. The second-order valence-electron chi connectivity index (χ2n) is 16.2. The number of benzene rings is 4. The van der Waals surface area contributed by atoms with Crippen molar-refractivity contribution in [2.45, 2.75) is 75.7 Å². The summed E-state index contributed by atoms with van der Waals surface area (Å²) in [4.78, 5) is 33.8. The minimum Gasteiger partial charge on any atom is -0.459 e. The van der Waals surface area contributed by atoms with E-state index < -0.39 is 23.8 Å². The van der Waals surface area contributed by atoms with Gasteiger partial charge in [0.05, 0.1) is 31.4 Å². The fourth-order valence-electron chi connectivity index (χ4n) is 9.84. The third-order valence-corrected chi connectivity index (χ3v) is 12.5. The summed E-state index contributed by atoms with van der Waals surface area (Å²) in [6, 6.07) is 26.2. The van der Waals surface area contributed by atoms with Crippen LogP contribution in [0.1, 0.15) is 78.8 Å². The number of carbonyl (C=O) groups is 2. The molecule has 0 radical (unpaired) electrons. The van der Waals surface area contributed by atoms with Crippen LogP contribution in [0.2, 0.25) is 0 Å². The van der Waals surface area contributed by atoms with Crippen LogP contribution in [0.25, 0.3) is 10.8 Å². The van der Waals surface area contributed by atoms with Crippen molar-refractivity contribution in [1.29, 1.82) is 0 Å². The Morgan fingerprint density at radius 1 is 0.935 bits per heavy atom. The van der Waals surface area contributed by atoms with Crippen molar-refractivity contribution in [1.82, 2.24) is 4.90 Å². The average molecular weight is 843 g/mol. The topological polar surface area (TPSA) is 136 Å². The van der Waals surface area contributed by atoms with Crippen molar-refractivity contribution < 1.29 is 43.6 Å². The number of rotatable bonds is 21. The quantitative estimate of drug-likeness (QED) is 0.0364. The molecule has 0 spiro atoms. The number of nitrogens with zero attached hydrogens (tertiary/aromatic N) is 2. The predicted octanol–water partition coefficient (Wildman–Crippen LogP) is 9.92. The third-order valence-electron chi connectivity index (χ3n) is 12.5. The first-order valence-electron chi connectivity index (χ1n) is 21.7. The van der Waals surface area contributed by atoms with Crippen molar-refractivity contribution in [3.05, 3.63) is 139 Å². The Bertz CT molecular complexity index is 2270. The van der Waals surface area contributed by atoms with Gasteiger partial charge in [0.15, 0.2) is 0 Å². The Morgan fingerprint density at radius 3 is 2.48 bits per heavy atom. The lowest BCUT2D eigenvalue weighted by molar-refractivity contribution is -0.256. The molecular formula is C51H58N2O9. The molecule has 326 valence electrons. The molecule has 0 saturated heterocycles. The van der Waals surface area contributed by atoms with Gasteiger partial charge in [0, 0.05) is 36.7 Å². The second-order valence-corrected chi connectivity index (χ2v) is 16.2. The highest BCUT2D eigenvalue weighted by Crippen LogP contribution is 2.62. The first-order valence-corrected chi connectivity index (χ1v) is 21.7. The molecule has 62 heavy (non-hydrogen) atoms. The van der Waals surface area contributed by atoms with E-state index in [0.29, 0.717) is 47.8 Å². The fraction of sp³-hybridized carbons (Fsp3) is 0.392. The lowest BCUT2D eigenvalue weighted by atomic mass is 9.55. The van der Waals surface area contributed by atoms with Crippen LogP contribution >= 0.6 is 0 Å². The number of aliphatic hydroxyl groups is 2. The highest BCUT2D eigenvalue weighted by atomic mass is 16.7. The van der Waals surface area contributed by atoms with Crippen LogP contribution < -0.4 is 9.47 Å². The number of oxime groups is 1. The molecule has 11 heteroatoms. The highest BCUT2D eigenvalue weighted by Gasteiger charge is 2.65. The van der Waals surface area contributed by atoms with E-state index in [2.05, 4.69) is 37.4 Å². The monoisotopic (exact) mass is 842 g/mol. The van der Waals surface area contributed by atoms with Crippen molar-refractivity contribution in [3.8, 4) is 17.2 Å². The van der Waals surface area contributed by atoms with Gasteiger partial charge in [0.2, 0.25) is 5.79 Å². The molecular weight excluding hydrogens is 785 g/mol. The molecule has 6 atom stereocenters. The molecule has 6 unspecified atom stereocenters. The number of allylic oxidation sites excluding steroid dienone is 1. The van der Waals surface area contributed by atoms with Crippen molar-refractivity contribution in [3.63, 3.8) is 0 Å². The Morgan fingerprint density at radius 2 is 1.71 bits per heavy atom. The van der Waals surface area contributed by atoms with Gasteiger partial charge in [-0.05, 0) is 96.2 Å². The number of fused-ring (bicyclic) bond motifs is 3. The van der Waals surface area contributed by atoms with Gasteiger partial charge < -0.3 is 34.0 Å². The number of amides is 1. The van der Waals surface area contributed by atoms with E-state index in [1.54, 1.807) is 35.3 Å². The molecule has 1 amide bonds. The molecule has 11 nitrogen and oxygen atoms in total. The van der Waals surface area contributed by atoms with Crippen LogP contribution in [0.3, 0.4) is 0 Å². The number of ether oxygens (including phenoxy) is 4. The number of aliphatic hydroxyl groups excluding tert-OH is 2. The van der Waals surface area contributed by atoms with E-state index in [-0.39, 0.29) is 57.1 Å². The number of unbranched alkanes of at least 4 members (excludes halogenated alkanes) is 2. The highest BCUT2D eigenvalue weighted by molar-refractivity contribution is 6.03. The summed E-state index contributed by atoms with van der Waals surface area (Å²) in [5.74, 6) is -0.487. The van der Waals surface area contributed by atoms with Crippen LogP contribution in [0, 0.1) is 17.8 Å². The van der Waals surface area contributed by atoms with Crippen LogP contribution in [0.5, 0.6) is 17.2 Å². The van der Waals surface area contributed by atoms with Crippen molar-refractivity contribution in [2.75, 3.05) is 33.5 Å². The van der Waals surface area contributed by atoms with E-state index in [1.165, 1.54) is 7.11 Å². The summed E-state index contributed by atoms with van der Waals surface area (Å²) in [6.07, 6.45) is 11.2. The molecule has 2 aliphatic carbocycles. The minimum atomic E-state index is -1.47. The zero-order chi connectivity index (χ0) is 43.5. The summed E-state index contributed by atoms with van der Waals surface area (Å²) in [5, 5.41) is 26.6. The number of carbonyl (C=O) groups excluding carboxylic acids is 2. The maximum atomic E-state index is 14.8. The molecule has 4 aromatic rings. The Labute approximate surface area is 364 Å². The molecule has 1 saturated carbocycles. The molecule has 1 aliphatic heterocycles. The van der Waals surface area contributed by atoms with Crippen LogP contribution in [0.15, 0.2) is 127 Å². The van der Waals surface area contributed by atoms with Crippen molar-refractivity contribution in [2.24, 2.45) is 22.9 Å². The van der Waals surface area contributed by atoms with Crippen LogP contribution in [-0.4, -0.2) is 78.6 Å². The summed E-state index contributed by atoms with van der Waals surface area (Å²) in [5.41, 5.74) is 3.94. The lowest BCUT2D eigenvalue weighted by Gasteiger charge is -2.59. The Balaban J connectivity index is 1.45. The normalized spacial score (nSPS) is 23.0. The van der Waals surface area contributed by atoms with E-state index in [9.17, 15) is 19.8 Å². The van der Waals surface area contributed by atoms with Crippen LogP contribution in [-0.2, 0) is 20.9 Å². The summed E-state index contributed by atoms with van der Waals surface area (Å²) in [6.45, 7) is 8.50. The summed E-state index contributed by atoms with van der Waals surface area (Å²) >= 11 is 0. The second kappa shape index (κ2) is 20.9. The molecule has 1 heterocycles. The van der Waals surface area contributed by atoms with E-state index in [4.69, 9.17) is 28.9 Å². The maximum absolute atomic E-state index is 14.8. The van der Waals surface area contributed by atoms with Gasteiger partial charge >= 0.3 is 6.09 Å². The summed E-state index contributed by atoms with van der Waals surface area (Å²) < 4.78 is 27.0. The van der Waals surface area contributed by atoms with E-state index in [0.717, 1.165) is 59.4 Å². The van der Waals surface area contributed by atoms with Crippen LogP contribution in [0.4, 0.5) is 4.79 Å². The first-order chi connectivity index (χ1) is 30.4. The number of hydrogen-bond donors (Lipinski definition) is 2. The largest absolute Gasteiger partial charge is 0.459 e. The van der Waals surface area contributed by atoms with Gasteiger partial charge in [-0.3, -0.25) is 9.69 Å². The van der Waals surface area contributed by atoms with Gasteiger partial charge in [-0.15, -0.1) is 13.2 Å². The number of hydrogen-bond acceptors (Lipinski definition) is 10. The Hall–Kier alpha value is -5.75. The molecule has 4 aromatic carbocycles. The first kappa shape index (κ1) is 44.3. The van der Waals surface area contributed by atoms with Crippen molar-refractivity contribution >= 4 is 28.9 Å². The molecule has 1 fully saturated rings. The van der Waals surface area contributed by atoms with Gasteiger partial charge in [0.25, 0.3) is 0 Å². The SMILES string of the molecule is C=CCCOC(=O)N(Cc1cccc2ccccc12)C1CC(=NOC)C2=CC(CCCCO)C(CCCCO)C3c4cc(Oc5cccc(C=O)c5)ccc4OC1(OCC=C)C23.